The van der Waals surface area contributed by atoms with Gasteiger partial charge in [-0.1, -0.05) is 11.6 Å². The Morgan fingerprint density at radius 1 is 1.46 bits per heavy atom. The van der Waals surface area contributed by atoms with E-state index in [2.05, 4.69) is 9.97 Å². The Labute approximate surface area is 83.0 Å². The Hall–Kier alpha value is -1.000. The second-order valence-electron chi connectivity index (χ2n) is 2.33. The van der Waals surface area contributed by atoms with Crippen LogP contribution in [0.3, 0.4) is 0 Å². The lowest BCUT2D eigenvalue weighted by Crippen LogP contribution is -1.83. The summed E-state index contributed by atoms with van der Waals surface area (Å²) in [6.07, 6.45) is 2.68. The van der Waals surface area contributed by atoms with Gasteiger partial charge in [-0.05, 0) is 6.07 Å². The predicted octanol–water partition coefficient (Wildman–Crippen LogP) is 3.00. The number of halogens is 2. The number of pyridine rings is 1. The summed E-state index contributed by atoms with van der Waals surface area (Å²) in [5.74, 6) is -0.381. The van der Waals surface area contributed by atoms with Gasteiger partial charge in [0.05, 0.1) is 6.20 Å². The van der Waals surface area contributed by atoms with Gasteiger partial charge in [-0.2, -0.15) is 0 Å². The molecule has 0 aliphatic heterocycles. The Kier molecular flexibility index (Phi) is 2.24. The summed E-state index contributed by atoms with van der Waals surface area (Å²) in [6, 6.07) is 1.57. The Balaban J connectivity index is 2.52. The molecule has 5 heteroatoms. The SMILES string of the molecule is Fc1cnccc1-c1nc(Cl)cs1. The second-order valence-corrected chi connectivity index (χ2v) is 3.58. The lowest BCUT2D eigenvalue weighted by molar-refractivity contribution is 0.625. The van der Waals surface area contributed by atoms with Crippen molar-refractivity contribution in [3.05, 3.63) is 34.8 Å². The largest absolute Gasteiger partial charge is 0.262 e. The third-order valence-electron chi connectivity index (χ3n) is 1.48. The molecule has 0 aromatic carbocycles. The lowest BCUT2D eigenvalue weighted by Gasteiger charge is -1.95. The Morgan fingerprint density at radius 3 is 2.92 bits per heavy atom. The van der Waals surface area contributed by atoms with E-state index in [-0.39, 0.29) is 5.82 Å². The first-order valence-corrected chi connectivity index (χ1v) is 4.74. The summed E-state index contributed by atoms with van der Waals surface area (Å²) in [5, 5.41) is 2.62. The fourth-order valence-corrected chi connectivity index (χ4v) is 1.90. The van der Waals surface area contributed by atoms with Gasteiger partial charge in [0.15, 0.2) is 5.82 Å². The number of hydrogen-bond donors (Lipinski definition) is 0. The summed E-state index contributed by atoms with van der Waals surface area (Å²) in [5.41, 5.74) is 0.437. The van der Waals surface area contributed by atoms with Gasteiger partial charge in [-0.15, -0.1) is 11.3 Å². The van der Waals surface area contributed by atoms with Crippen molar-refractivity contribution in [2.45, 2.75) is 0 Å². The molecule has 2 rings (SSSR count). The third-order valence-corrected chi connectivity index (χ3v) is 2.68. The van der Waals surface area contributed by atoms with Crippen molar-refractivity contribution in [1.29, 1.82) is 0 Å². The van der Waals surface area contributed by atoms with Crippen LogP contribution in [0.2, 0.25) is 5.15 Å². The van der Waals surface area contributed by atoms with E-state index in [9.17, 15) is 4.39 Å². The van der Waals surface area contributed by atoms with Gasteiger partial charge < -0.3 is 0 Å². The topological polar surface area (TPSA) is 25.8 Å². The first-order chi connectivity index (χ1) is 6.27. The summed E-state index contributed by atoms with van der Waals surface area (Å²) < 4.78 is 13.1. The highest BCUT2D eigenvalue weighted by molar-refractivity contribution is 7.13. The van der Waals surface area contributed by atoms with Gasteiger partial charge in [0.1, 0.15) is 10.2 Å². The predicted molar refractivity (Wildman–Crippen MR) is 50.3 cm³/mol. The number of nitrogens with zero attached hydrogens (tertiary/aromatic N) is 2. The molecule has 0 bridgehead atoms. The van der Waals surface area contributed by atoms with Crippen molar-refractivity contribution >= 4 is 22.9 Å². The third kappa shape index (κ3) is 1.68. The van der Waals surface area contributed by atoms with Crippen LogP contribution < -0.4 is 0 Å². The molecule has 0 N–H and O–H groups in total. The summed E-state index contributed by atoms with van der Waals surface area (Å²) in [6.45, 7) is 0. The lowest BCUT2D eigenvalue weighted by atomic mass is 10.3. The molecule has 0 aliphatic carbocycles. The van der Waals surface area contributed by atoms with Gasteiger partial charge in [0, 0.05) is 17.1 Å². The van der Waals surface area contributed by atoms with E-state index < -0.39 is 0 Å². The minimum atomic E-state index is -0.381. The second kappa shape index (κ2) is 3.40. The average molecular weight is 215 g/mol. The molecule has 0 amide bonds. The van der Waals surface area contributed by atoms with Crippen molar-refractivity contribution in [3.8, 4) is 10.6 Å². The van der Waals surface area contributed by atoms with Crippen LogP contribution >= 0.6 is 22.9 Å². The van der Waals surface area contributed by atoms with E-state index in [1.807, 2.05) is 0 Å². The standard InChI is InChI=1S/C8H4ClFN2S/c9-7-4-13-8(12-7)5-1-2-11-3-6(5)10/h1-4H. The molecule has 0 saturated heterocycles. The number of aromatic nitrogens is 2. The molecule has 2 aromatic heterocycles. The molecular formula is C8H4ClFN2S. The zero-order chi connectivity index (χ0) is 9.26. The van der Waals surface area contributed by atoms with Crippen LogP contribution in [-0.2, 0) is 0 Å². The first kappa shape index (κ1) is 8.59. The highest BCUT2D eigenvalue weighted by atomic mass is 35.5. The highest BCUT2D eigenvalue weighted by Crippen LogP contribution is 2.26. The van der Waals surface area contributed by atoms with E-state index in [0.717, 1.165) is 6.20 Å². The molecule has 0 saturated carbocycles. The summed E-state index contributed by atoms with van der Waals surface area (Å²) >= 11 is 6.93. The number of rotatable bonds is 1. The molecule has 0 fully saturated rings. The van der Waals surface area contributed by atoms with Gasteiger partial charge in [0.2, 0.25) is 0 Å². The zero-order valence-electron chi connectivity index (χ0n) is 6.37. The number of thiazole rings is 1. The smallest absolute Gasteiger partial charge is 0.151 e. The molecular weight excluding hydrogens is 211 g/mol. The van der Waals surface area contributed by atoms with E-state index in [4.69, 9.17) is 11.6 Å². The van der Waals surface area contributed by atoms with Crippen molar-refractivity contribution < 1.29 is 4.39 Å². The highest BCUT2D eigenvalue weighted by Gasteiger charge is 2.07. The van der Waals surface area contributed by atoms with Crippen LogP contribution in [0.25, 0.3) is 10.6 Å². The monoisotopic (exact) mass is 214 g/mol. The van der Waals surface area contributed by atoms with Crippen molar-refractivity contribution in [3.63, 3.8) is 0 Å². The maximum atomic E-state index is 13.1. The van der Waals surface area contributed by atoms with Crippen molar-refractivity contribution in [2.75, 3.05) is 0 Å². The Morgan fingerprint density at radius 2 is 2.31 bits per heavy atom. The molecule has 2 aromatic rings. The molecule has 2 nitrogen and oxygen atoms in total. The molecule has 2 heterocycles. The van der Waals surface area contributed by atoms with E-state index >= 15 is 0 Å². The average Bonchev–Trinajstić information content (AvgIpc) is 2.53. The van der Waals surface area contributed by atoms with Crippen LogP contribution in [-0.4, -0.2) is 9.97 Å². The molecule has 0 aliphatic rings. The summed E-state index contributed by atoms with van der Waals surface area (Å²) in [7, 11) is 0. The van der Waals surface area contributed by atoms with E-state index in [0.29, 0.717) is 15.7 Å². The maximum Gasteiger partial charge on any atom is 0.151 e. The molecule has 0 atom stereocenters. The van der Waals surface area contributed by atoms with Crippen LogP contribution in [0.15, 0.2) is 23.8 Å². The summed E-state index contributed by atoms with van der Waals surface area (Å²) in [4.78, 5) is 7.60. The minimum Gasteiger partial charge on any atom is -0.262 e. The normalized spacial score (nSPS) is 10.3. The molecule has 13 heavy (non-hydrogen) atoms. The minimum absolute atomic E-state index is 0.381. The van der Waals surface area contributed by atoms with Gasteiger partial charge in [-0.3, -0.25) is 4.98 Å². The van der Waals surface area contributed by atoms with Crippen LogP contribution in [0.1, 0.15) is 0 Å². The molecule has 0 radical (unpaired) electrons. The van der Waals surface area contributed by atoms with Crippen LogP contribution in [0.5, 0.6) is 0 Å². The fraction of sp³-hybridized carbons (Fsp3) is 0. The maximum absolute atomic E-state index is 13.1. The quantitative estimate of drug-likeness (QED) is 0.729. The van der Waals surface area contributed by atoms with Crippen molar-refractivity contribution in [1.82, 2.24) is 9.97 Å². The molecule has 0 unspecified atom stereocenters. The van der Waals surface area contributed by atoms with Gasteiger partial charge in [-0.25, -0.2) is 9.37 Å². The van der Waals surface area contributed by atoms with Crippen LogP contribution in [0.4, 0.5) is 4.39 Å². The van der Waals surface area contributed by atoms with Gasteiger partial charge >= 0.3 is 0 Å². The van der Waals surface area contributed by atoms with Crippen LogP contribution in [0, 0.1) is 5.82 Å². The van der Waals surface area contributed by atoms with E-state index in [1.165, 1.54) is 17.5 Å². The molecule has 66 valence electrons. The number of hydrogen-bond acceptors (Lipinski definition) is 3. The first-order valence-electron chi connectivity index (χ1n) is 3.48. The molecule has 0 spiro atoms. The van der Waals surface area contributed by atoms with E-state index in [1.54, 1.807) is 11.4 Å². The fourth-order valence-electron chi connectivity index (χ4n) is 0.926. The Bertz CT molecular complexity index is 430. The zero-order valence-corrected chi connectivity index (χ0v) is 7.94. The van der Waals surface area contributed by atoms with Crippen molar-refractivity contribution in [2.24, 2.45) is 0 Å². The van der Waals surface area contributed by atoms with Gasteiger partial charge in [0.25, 0.3) is 0 Å².